The Morgan fingerprint density at radius 3 is 2.84 bits per heavy atom. The Morgan fingerprint density at radius 2 is 2.14 bits per heavy atom. The summed E-state index contributed by atoms with van der Waals surface area (Å²) in [6.07, 6.45) is -0.209. The largest absolute Gasteiger partial charge is 0.481 e. The van der Waals surface area contributed by atoms with Gasteiger partial charge < -0.3 is 36.0 Å². The number of hydrogen-bond acceptors (Lipinski definition) is 11. The maximum absolute atomic E-state index is 11.2. The first-order valence-electron chi connectivity index (χ1n) is 12.5. The topological polar surface area (TPSA) is 221 Å². The zero-order chi connectivity index (χ0) is 26.9. The summed E-state index contributed by atoms with van der Waals surface area (Å²) in [5.41, 5.74) is 15.1. The van der Waals surface area contributed by atoms with Crippen LogP contribution in [0.1, 0.15) is 45.8 Å². The third-order valence-electron chi connectivity index (χ3n) is 6.41. The summed E-state index contributed by atoms with van der Waals surface area (Å²) in [5.74, 6) is -0.824. The van der Waals surface area contributed by atoms with Crippen molar-refractivity contribution in [2.75, 3.05) is 43.8 Å². The van der Waals surface area contributed by atoms with E-state index in [0.717, 1.165) is 6.42 Å². The minimum Gasteiger partial charge on any atom is -0.481 e. The lowest BCUT2D eigenvalue weighted by Gasteiger charge is -2.27. The molecule has 1 aliphatic rings. The third kappa shape index (κ3) is 6.96. The molecule has 6 N–H and O–H groups in total. The normalized spacial score (nSPS) is 22.3. The summed E-state index contributed by atoms with van der Waals surface area (Å²) >= 11 is 0. The molecule has 15 heteroatoms. The molecule has 3 heterocycles. The molecule has 1 aliphatic heterocycles. The number of fused-ring (bicyclic) bond motifs is 1. The number of carboxylic acid groups (broad SMARTS) is 1. The van der Waals surface area contributed by atoms with Crippen LogP contribution in [0.15, 0.2) is 11.4 Å². The molecule has 2 aromatic rings. The van der Waals surface area contributed by atoms with E-state index in [0.29, 0.717) is 69.1 Å². The lowest BCUT2D eigenvalue weighted by atomic mass is 10.1. The van der Waals surface area contributed by atoms with E-state index >= 15 is 0 Å². The Kier molecular flexibility index (Phi) is 10.2. The van der Waals surface area contributed by atoms with Crippen LogP contribution in [-0.2, 0) is 9.53 Å². The monoisotopic (exact) mass is 520 g/mol. The quantitative estimate of drug-likeness (QED) is 0.0975. The van der Waals surface area contributed by atoms with Crippen molar-refractivity contribution in [3.8, 4) is 0 Å². The smallest absolute Gasteiger partial charge is 0.306 e. The Balaban J connectivity index is 1.79. The molecule has 1 saturated heterocycles. The van der Waals surface area contributed by atoms with Crippen LogP contribution in [-0.4, -0.2) is 96.7 Å². The number of unbranched alkanes of at least 4 members (excludes halogenated alkanes) is 1. The first kappa shape index (κ1) is 28.3. The molecular formula is C22H36N10O5. The van der Waals surface area contributed by atoms with E-state index in [-0.39, 0.29) is 5.82 Å². The number of aromatic nitrogens is 4. The van der Waals surface area contributed by atoms with Gasteiger partial charge in [0.05, 0.1) is 5.92 Å². The third-order valence-corrected chi connectivity index (χ3v) is 6.41. The highest BCUT2D eigenvalue weighted by Crippen LogP contribution is 2.35. The van der Waals surface area contributed by atoms with E-state index in [9.17, 15) is 20.1 Å². The molecule has 15 nitrogen and oxygen atoms in total. The van der Waals surface area contributed by atoms with Gasteiger partial charge >= 0.3 is 5.97 Å². The number of azide groups is 1. The van der Waals surface area contributed by atoms with Gasteiger partial charge in [0, 0.05) is 24.5 Å². The number of nitrogen functional groups attached to an aromatic ring is 1. The Hall–Kier alpha value is -3.23. The number of imidazole rings is 1. The second kappa shape index (κ2) is 13.4. The minimum absolute atomic E-state index is 0.168. The summed E-state index contributed by atoms with van der Waals surface area (Å²) in [6.45, 7) is 6.10. The number of carbonyl (C=O) groups is 1. The van der Waals surface area contributed by atoms with E-state index in [4.69, 9.17) is 16.0 Å². The van der Waals surface area contributed by atoms with Gasteiger partial charge in [0.15, 0.2) is 23.2 Å². The fourth-order valence-electron chi connectivity index (χ4n) is 4.30. The number of anilines is 2. The molecule has 3 rings (SSSR count). The van der Waals surface area contributed by atoms with Crippen LogP contribution < -0.4 is 11.1 Å². The predicted octanol–water partition coefficient (Wildman–Crippen LogP) is 1.35. The summed E-state index contributed by atoms with van der Waals surface area (Å²) in [5, 5.41) is 37.8. The average Bonchev–Trinajstić information content (AvgIpc) is 3.37. The molecule has 204 valence electrons. The van der Waals surface area contributed by atoms with E-state index in [1.807, 2.05) is 11.8 Å². The molecule has 0 bridgehead atoms. The molecule has 1 unspecified atom stereocenters. The van der Waals surface area contributed by atoms with Crippen molar-refractivity contribution < 1.29 is 24.9 Å². The van der Waals surface area contributed by atoms with Crippen molar-refractivity contribution in [3.05, 3.63) is 16.8 Å². The van der Waals surface area contributed by atoms with Crippen molar-refractivity contribution in [1.82, 2.24) is 24.4 Å². The first-order valence-corrected chi connectivity index (χ1v) is 12.5. The van der Waals surface area contributed by atoms with Crippen molar-refractivity contribution in [3.63, 3.8) is 0 Å². The number of aliphatic carboxylic acids is 1. The second-order valence-electron chi connectivity index (χ2n) is 9.20. The standard InChI is InChI=1S/C22H36N10O5/c1-3-9-31(10-6-13(2)21(35)36)11-14-16(33)17(34)20(37-14)32-19-15(18(23)26-12-27-19)29-22(32)25-7-4-5-8-28-30-24/h12-14,16-17,20,33-34H,3-11H2,1-2H3,(H,25,29)(H,35,36)(H2,23,26,27)/t13-,14+,16-,17?,20+/m0/s1. The van der Waals surface area contributed by atoms with Crippen LogP contribution in [0.25, 0.3) is 21.6 Å². The highest BCUT2D eigenvalue weighted by molar-refractivity contribution is 5.84. The number of aliphatic hydroxyl groups is 2. The number of aliphatic hydroxyl groups excluding tert-OH is 2. The van der Waals surface area contributed by atoms with Gasteiger partial charge in [0.25, 0.3) is 0 Å². The average molecular weight is 521 g/mol. The van der Waals surface area contributed by atoms with Crippen LogP contribution in [0.2, 0.25) is 0 Å². The van der Waals surface area contributed by atoms with Gasteiger partial charge in [-0.1, -0.05) is 19.0 Å². The lowest BCUT2D eigenvalue weighted by Crippen LogP contribution is -2.41. The number of nitrogens with two attached hydrogens (primary N) is 1. The van der Waals surface area contributed by atoms with Gasteiger partial charge in [0.2, 0.25) is 5.95 Å². The number of hydrogen-bond donors (Lipinski definition) is 5. The highest BCUT2D eigenvalue weighted by Gasteiger charge is 2.45. The Morgan fingerprint density at radius 1 is 1.35 bits per heavy atom. The maximum Gasteiger partial charge on any atom is 0.306 e. The molecule has 0 amide bonds. The summed E-state index contributed by atoms with van der Waals surface area (Å²) in [6, 6.07) is 0. The zero-order valence-electron chi connectivity index (χ0n) is 21.1. The van der Waals surface area contributed by atoms with E-state index in [1.165, 1.54) is 6.33 Å². The van der Waals surface area contributed by atoms with Crippen LogP contribution >= 0.6 is 0 Å². The molecule has 0 aliphatic carbocycles. The molecule has 1 fully saturated rings. The van der Waals surface area contributed by atoms with Crippen LogP contribution in [0.5, 0.6) is 0 Å². The van der Waals surface area contributed by atoms with Crippen molar-refractivity contribution in [2.45, 2.75) is 64.1 Å². The van der Waals surface area contributed by atoms with E-state index in [2.05, 4.69) is 30.3 Å². The first-order chi connectivity index (χ1) is 17.8. The summed E-state index contributed by atoms with van der Waals surface area (Å²) < 4.78 is 7.75. The number of nitrogens with zero attached hydrogens (tertiary/aromatic N) is 8. The molecule has 37 heavy (non-hydrogen) atoms. The van der Waals surface area contributed by atoms with Gasteiger partial charge in [-0.2, -0.15) is 0 Å². The summed E-state index contributed by atoms with van der Waals surface area (Å²) in [4.78, 5) is 28.8. The zero-order valence-corrected chi connectivity index (χ0v) is 21.1. The van der Waals surface area contributed by atoms with E-state index < -0.39 is 36.4 Å². The van der Waals surface area contributed by atoms with Crippen LogP contribution in [0.3, 0.4) is 0 Å². The van der Waals surface area contributed by atoms with Crippen LogP contribution in [0, 0.1) is 5.92 Å². The number of carboxylic acids is 1. The number of rotatable bonds is 15. The molecule has 0 saturated carbocycles. The van der Waals surface area contributed by atoms with Crippen molar-refractivity contribution in [1.29, 1.82) is 0 Å². The van der Waals surface area contributed by atoms with Gasteiger partial charge in [-0.05, 0) is 44.3 Å². The van der Waals surface area contributed by atoms with Crippen LogP contribution in [0.4, 0.5) is 11.8 Å². The summed E-state index contributed by atoms with van der Waals surface area (Å²) in [7, 11) is 0. The molecule has 0 aromatic carbocycles. The molecule has 0 radical (unpaired) electrons. The maximum atomic E-state index is 11.2. The lowest BCUT2D eigenvalue weighted by molar-refractivity contribution is -0.141. The molecule has 5 atom stereocenters. The van der Waals surface area contributed by atoms with Crippen molar-refractivity contribution in [2.24, 2.45) is 11.0 Å². The second-order valence-corrected chi connectivity index (χ2v) is 9.20. The van der Waals surface area contributed by atoms with E-state index in [1.54, 1.807) is 11.5 Å². The fraction of sp³-hybridized carbons (Fsp3) is 0.727. The Bertz CT molecular complexity index is 1090. The van der Waals surface area contributed by atoms with Gasteiger partial charge in [-0.15, -0.1) is 0 Å². The fourth-order valence-corrected chi connectivity index (χ4v) is 4.30. The molecule has 0 spiro atoms. The van der Waals surface area contributed by atoms with Gasteiger partial charge in [-0.25, -0.2) is 15.0 Å². The minimum atomic E-state index is -1.27. The predicted molar refractivity (Wildman–Crippen MR) is 136 cm³/mol. The molecule has 2 aromatic heterocycles. The number of ether oxygens (including phenoxy) is 1. The van der Waals surface area contributed by atoms with Gasteiger partial charge in [-0.3, -0.25) is 9.36 Å². The SMILES string of the molecule is CCCN(CC[C@H](C)C(=O)O)C[C@H]1O[C@@H](n2c(NCCCCN=[N+]=[N-])nc3c(N)ncnc32)C(O)[C@H]1O. The highest BCUT2D eigenvalue weighted by atomic mass is 16.6. The van der Waals surface area contributed by atoms with Crippen molar-refractivity contribution >= 4 is 28.9 Å². The number of nitrogens with one attached hydrogen (secondary N) is 1. The molecular weight excluding hydrogens is 484 g/mol. The van der Waals surface area contributed by atoms with Gasteiger partial charge in [0.1, 0.15) is 24.6 Å². The Labute approximate surface area is 214 Å².